The van der Waals surface area contributed by atoms with Crippen molar-refractivity contribution in [1.82, 2.24) is 10.3 Å². The highest BCUT2D eigenvalue weighted by Gasteiger charge is 2.20. The molecule has 0 spiro atoms. The van der Waals surface area contributed by atoms with Gasteiger partial charge in [-0.15, -0.1) is 0 Å². The highest BCUT2D eigenvalue weighted by atomic mass is 32.1. The zero-order chi connectivity index (χ0) is 25.6. The SMILES string of the molecule is C[C@H](NC(=O)Cc1ccc2c(c1)OCO2)C(=O)Nc1ncc(-c2ccccc2COC2CCCCC2)s1. The number of rotatable bonds is 9. The number of hydrogen-bond acceptors (Lipinski definition) is 7. The summed E-state index contributed by atoms with van der Waals surface area (Å²) >= 11 is 1.40. The molecule has 0 saturated heterocycles. The molecule has 194 valence electrons. The highest BCUT2D eigenvalue weighted by molar-refractivity contribution is 7.19. The molecule has 2 aromatic carbocycles. The molecule has 5 rings (SSSR count). The van der Waals surface area contributed by atoms with E-state index in [1.54, 1.807) is 25.3 Å². The number of fused-ring (bicyclic) bond motifs is 1. The first-order valence-corrected chi connectivity index (χ1v) is 13.5. The van der Waals surface area contributed by atoms with Crippen molar-refractivity contribution in [3.63, 3.8) is 0 Å². The van der Waals surface area contributed by atoms with Crippen LogP contribution in [0.5, 0.6) is 11.5 Å². The second kappa shape index (κ2) is 11.7. The third-order valence-electron chi connectivity index (χ3n) is 6.62. The number of thiazole rings is 1. The van der Waals surface area contributed by atoms with Gasteiger partial charge in [-0.05, 0) is 48.6 Å². The van der Waals surface area contributed by atoms with Crippen molar-refractivity contribution >= 4 is 28.3 Å². The molecular weight excluding hydrogens is 490 g/mol. The van der Waals surface area contributed by atoms with E-state index < -0.39 is 6.04 Å². The molecule has 2 heterocycles. The molecule has 1 saturated carbocycles. The lowest BCUT2D eigenvalue weighted by atomic mass is 9.97. The second-order valence-electron chi connectivity index (χ2n) is 9.40. The monoisotopic (exact) mass is 521 g/mol. The fraction of sp³-hybridized carbons (Fsp3) is 0.393. The number of nitrogens with zero attached hydrogens (tertiary/aromatic N) is 1. The van der Waals surface area contributed by atoms with E-state index in [1.165, 1.54) is 30.6 Å². The number of benzene rings is 2. The number of anilines is 1. The third kappa shape index (κ3) is 6.47. The first kappa shape index (κ1) is 25.2. The van der Waals surface area contributed by atoms with Gasteiger partial charge >= 0.3 is 0 Å². The van der Waals surface area contributed by atoms with Gasteiger partial charge in [-0.3, -0.25) is 9.59 Å². The molecule has 1 aliphatic heterocycles. The fourth-order valence-electron chi connectivity index (χ4n) is 4.59. The van der Waals surface area contributed by atoms with Crippen LogP contribution in [0.25, 0.3) is 10.4 Å². The summed E-state index contributed by atoms with van der Waals surface area (Å²) in [6, 6.07) is 12.8. The molecule has 37 heavy (non-hydrogen) atoms. The number of aromatic nitrogens is 1. The summed E-state index contributed by atoms with van der Waals surface area (Å²) < 4.78 is 16.9. The minimum atomic E-state index is -0.718. The average molecular weight is 522 g/mol. The highest BCUT2D eigenvalue weighted by Crippen LogP contribution is 2.33. The normalized spacial score (nSPS) is 15.8. The van der Waals surface area contributed by atoms with Crippen LogP contribution in [0, 0.1) is 0 Å². The zero-order valence-corrected chi connectivity index (χ0v) is 21.6. The summed E-state index contributed by atoms with van der Waals surface area (Å²) in [4.78, 5) is 30.6. The largest absolute Gasteiger partial charge is 0.454 e. The van der Waals surface area contributed by atoms with Crippen LogP contribution >= 0.6 is 11.3 Å². The van der Waals surface area contributed by atoms with Crippen molar-refractivity contribution in [2.24, 2.45) is 0 Å². The van der Waals surface area contributed by atoms with Crippen LogP contribution in [0.4, 0.5) is 5.13 Å². The Labute approximate surface area is 220 Å². The summed E-state index contributed by atoms with van der Waals surface area (Å²) in [5.41, 5.74) is 2.95. The van der Waals surface area contributed by atoms with Gasteiger partial charge in [-0.2, -0.15) is 0 Å². The van der Waals surface area contributed by atoms with E-state index in [0.29, 0.717) is 29.3 Å². The Balaban J connectivity index is 1.15. The maximum Gasteiger partial charge on any atom is 0.248 e. The minimum absolute atomic E-state index is 0.134. The molecule has 1 aromatic heterocycles. The summed E-state index contributed by atoms with van der Waals surface area (Å²) in [7, 11) is 0. The smallest absolute Gasteiger partial charge is 0.248 e. The molecular formula is C28H31N3O5S. The molecule has 0 bridgehead atoms. The van der Waals surface area contributed by atoms with Crippen molar-refractivity contribution < 1.29 is 23.8 Å². The predicted molar refractivity (Wildman–Crippen MR) is 142 cm³/mol. The molecule has 3 aromatic rings. The van der Waals surface area contributed by atoms with Gasteiger partial charge in [0, 0.05) is 6.20 Å². The lowest BCUT2D eigenvalue weighted by molar-refractivity contribution is -0.125. The van der Waals surface area contributed by atoms with Crippen molar-refractivity contribution in [1.29, 1.82) is 0 Å². The van der Waals surface area contributed by atoms with E-state index in [0.717, 1.165) is 34.4 Å². The van der Waals surface area contributed by atoms with Crippen LogP contribution < -0.4 is 20.1 Å². The van der Waals surface area contributed by atoms with Crippen molar-refractivity contribution in [3.8, 4) is 21.9 Å². The predicted octanol–water partition coefficient (Wildman–Crippen LogP) is 5.07. The Morgan fingerprint density at radius 3 is 2.78 bits per heavy atom. The average Bonchev–Trinajstić information content (AvgIpc) is 3.57. The summed E-state index contributed by atoms with van der Waals surface area (Å²) in [6.07, 6.45) is 8.27. The standard InChI is InChI=1S/C28H31N3O5S/c1-18(30-26(32)14-19-11-12-23-24(13-19)36-17-35-23)27(33)31-28-29-15-25(37-28)22-10-6-5-7-20(22)16-34-21-8-3-2-4-9-21/h5-7,10-13,15,18,21H,2-4,8-9,14,16-17H2,1H3,(H,30,32)(H,29,31,33)/t18-/m0/s1. The van der Waals surface area contributed by atoms with Crippen molar-refractivity contribution in [2.45, 2.75) is 64.2 Å². The Morgan fingerprint density at radius 1 is 1.11 bits per heavy atom. The topological polar surface area (TPSA) is 98.8 Å². The molecule has 2 N–H and O–H groups in total. The van der Waals surface area contributed by atoms with E-state index in [9.17, 15) is 9.59 Å². The lowest BCUT2D eigenvalue weighted by Crippen LogP contribution is -2.42. The molecule has 0 unspecified atom stereocenters. The van der Waals surface area contributed by atoms with Gasteiger partial charge in [0.2, 0.25) is 18.6 Å². The van der Waals surface area contributed by atoms with Crippen LogP contribution in [-0.2, 0) is 27.4 Å². The van der Waals surface area contributed by atoms with E-state index in [4.69, 9.17) is 14.2 Å². The van der Waals surface area contributed by atoms with Gasteiger partial charge in [0.1, 0.15) is 6.04 Å². The summed E-state index contributed by atoms with van der Waals surface area (Å²) in [6.45, 7) is 2.40. The van der Waals surface area contributed by atoms with E-state index in [-0.39, 0.29) is 25.0 Å². The Hall–Kier alpha value is -3.43. The van der Waals surface area contributed by atoms with Gasteiger partial charge in [0.15, 0.2) is 16.6 Å². The van der Waals surface area contributed by atoms with Gasteiger partial charge in [0.05, 0.1) is 24.0 Å². The quantitative estimate of drug-likeness (QED) is 0.408. The molecule has 1 atom stereocenters. The molecule has 2 amide bonds. The second-order valence-corrected chi connectivity index (χ2v) is 10.4. The lowest BCUT2D eigenvalue weighted by Gasteiger charge is -2.22. The maximum atomic E-state index is 12.7. The van der Waals surface area contributed by atoms with Gasteiger partial charge in [-0.25, -0.2) is 4.98 Å². The zero-order valence-electron chi connectivity index (χ0n) is 20.8. The molecule has 2 aliphatic rings. The Morgan fingerprint density at radius 2 is 1.92 bits per heavy atom. The van der Waals surface area contributed by atoms with Crippen LogP contribution in [0.3, 0.4) is 0 Å². The summed E-state index contributed by atoms with van der Waals surface area (Å²) in [5, 5.41) is 6.06. The third-order valence-corrected chi connectivity index (χ3v) is 7.56. The van der Waals surface area contributed by atoms with E-state index in [1.807, 2.05) is 18.2 Å². The molecule has 1 fully saturated rings. The Bertz CT molecular complexity index is 1250. The van der Waals surface area contributed by atoms with E-state index >= 15 is 0 Å². The van der Waals surface area contributed by atoms with Crippen LogP contribution in [-0.4, -0.2) is 35.7 Å². The number of carbonyl (C=O) groups is 2. The summed E-state index contributed by atoms with van der Waals surface area (Å²) in [5.74, 6) is 0.707. The fourth-order valence-corrected chi connectivity index (χ4v) is 5.47. The molecule has 0 radical (unpaired) electrons. The van der Waals surface area contributed by atoms with E-state index in [2.05, 4.69) is 27.8 Å². The number of hydrogen-bond donors (Lipinski definition) is 2. The molecule has 1 aliphatic carbocycles. The van der Waals surface area contributed by atoms with Gasteiger partial charge in [-0.1, -0.05) is 60.9 Å². The molecule has 9 heteroatoms. The Kier molecular flexibility index (Phi) is 8.01. The van der Waals surface area contributed by atoms with Crippen LogP contribution in [0.15, 0.2) is 48.7 Å². The minimum Gasteiger partial charge on any atom is -0.454 e. The van der Waals surface area contributed by atoms with Crippen molar-refractivity contribution in [2.75, 3.05) is 12.1 Å². The van der Waals surface area contributed by atoms with Gasteiger partial charge in [0.25, 0.3) is 0 Å². The number of carbonyl (C=O) groups excluding carboxylic acids is 2. The first-order valence-electron chi connectivity index (χ1n) is 12.7. The maximum absolute atomic E-state index is 12.7. The van der Waals surface area contributed by atoms with Crippen LogP contribution in [0.1, 0.15) is 50.2 Å². The molecule has 8 nitrogen and oxygen atoms in total. The van der Waals surface area contributed by atoms with Crippen molar-refractivity contribution in [3.05, 3.63) is 59.8 Å². The number of ether oxygens (including phenoxy) is 3. The number of nitrogens with one attached hydrogen (secondary N) is 2. The van der Waals surface area contributed by atoms with Crippen LogP contribution in [0.2, 0.25) is 0 Å². The van der Waals surface area contributed by atoms with Gasteiger partial charge < -0.3 is 24.8 Å². The number of amides is 2. The first-order chi connectivity index (χ1) is 18.0.